The molecule has 0 saturated carbocycles. The maximum absolute atomic E-state index is 15.0. The Bertz CT molecular complexity index is 2330. The number of sulfonamides is 1. The van der Waals surface area contributed by atoms with Crippen molar-refractivity contribution in [2.75, 3.05) is 36.6 Å². The zero-order valence-electron chi connectivity index (χ0n) is 26.1. The predicted molar refractivity (Wildman–Crippen MR) is 182 cm³/mol. The van der Waals surface area contributed by atoms with E-state index in [-0.39, 0.29) is 24.5 Å². The Balaban J connectivity index is 1.49. The van der Waals surface area contributed by atoms with Crippen molar-refractivity contribution in [2.45, 2.75) is 19.5 Å². The molecule has 0 bridgehead atoms. The summed E-state index contributed by atoms with van der Waals surface area (Å²) in [7, 11) is -0.749. The van der Waals surface area contributed by atoms with Gasteiger partial charge < -0.3 is 24.7 Å². The Morgan fingerprint density at radius 1 is 1.11 bits per heavy atom. The Labute approximate surface area is 270 Å². The number of aryl methyl sites for hydroxylation is 1. The van der Waals surface area contributed by atoms with E-state index in [1.165, 1.54) is 20.2 Å². The lowest BCUT2D eigenvalue weighted by atomic mass is 10.00. The van der Waals surface area contributed by atoms with Gasteiger partial charge >= 0.3 is 0 Å². The van der Waals surface area contributed by atoms with Crippen LogP contribution in [0, 0.1) is 12.7 Å². The Kier molecular flexibility index (Phi) is 7.29. The van der Waals surface area contributed by atoms with Crippen LogP contribution >= 0.6 is 0 Å². The van der Waals surface area contributed by atoms with Crippen molar-refractivity contribution in [3.63, 3.8) is 0 Å². The number of benzene rings is 3. The molecule has 3 aromatic carbocycles. The molecule has 0 radical (unpaired) electrons. The average Bonchev–Trinajstić information content (AvgIpc) is 3.63. The van der Waals surface area contributed by atoms with Crippen molar-refractivity contribution < 1.29 is 27.1 Å². The number of furan rings is 1. The summed E-state index contributed by atoms with van der Waals surface area (Å²) in [5, 5.41) is 16.8. The number of nitrogens with one attached hydrogen (secondary N) is 2. The third-order valence-electron chi connectivity index (χ3n) is 8.69. The second-order valence-electron chi connectivity index (χ2n) is 11.7. The largest absolute Gasteiger partial charge is 0.455 e. The number of carbonyl (C=O) groups excluding carboxylic acids is 1. The molecule has 4 heterocycles. The van der Waals surface area contributed by atoms with E-state index >= 15 is 0 Å². The maximum Gasteiger partial charge on any atom is 0.255 e. The normalized spacial score (nSPS) is 14.1. The van der Waals surface area contributed by atoms with Crippen molar-refractivity contribution >= 4 is 49.2 Å². The van der Waals surface area contributed by atoms with E-state index in [1.54, 1.807) is 30.3 Å². The van der Waals surface area contributed by atoms with Crippen LogP contribution in [-0.2, 0) is 10.0 Å². The first-order valence-electron chi connectivity index (χ1n) is 15.0. The van der Waals surface area contributed by atoms with Crippen LogP contribution in [0.25, 0.3) is 55.8 Å². The predicted octanol–water partition coefficient (Wildman–Crippen LogP) is 6.29. The van der Waals surface area contributed by atoms with Gasteiger partial charge in [-0.3, -0.25) is 9.10 Å². The van der Waals surface area contributed by atoms with Gasteiger partial charge in [0.05, 0.1) is 40.1 Å². The van der Waals surface area contributed by atoms with Crippen LogP contribution in [0.5, 0.6) is 0 Å². The van der Waals surface area contributed by atoms with Gasteiger partial charge in [0.1, 0.15) is 29.0 Å². The summed E-state index contributed by atoms with van der Waals surface area (Å²) in [6.07, 6.45) is 1.13. The number of aliphatic hydroxyl groups is 1. The number of nitrogens with zero attached hydrogens (tertiary/aromatic N) is 3. The zero-order valence-corrected chi connectivity index (χ0v) is 26.9. The number of anilines is 2. The number of hydrogen-bond acceptors (Lipinski definition) is 7. The third kappa shape index (κ3) is 5.00. The minimum absolute atomic E-state index is 0.0862. The summed E-state index contributed by atoms with van der Waals surface area (Å²) in [5.74, 6) is -0.384. The third-order valence-corrected chi connectivity index (χ3v) is 9.88. The summed E-state index contributed by atoms with van der Waals surface area (Å²) in [6, 6.07) is 21.1. The highest BCUT2D eigenvalue weighted by atomic mass is 32.2. The Morgan fingerprint density at radius 3 is 2.57 bits per heavy atom. The first-order valence-corrected chi connectivity index (χ1v) is 16.9. The molecule has 6 aromatic rings. The molecule has 0 spiro atoms. The number of aliphatic hydroxyl groups excluding tert-OH is 1. The highest BCUT2D eigenvalue weighted by Crippen LogP contribution is 2.45. The highest BCUT2D eigenvalue weighted by Gasteiger charge is 2.30. The molecule has 1 aliphatic rings. The van der Waals surface area contributed by atoms with E-state index in [0.717, 1.165) is 16.1 Å². The molecule has 1 aliphatic heterocycles. The quantitative estimate of drug-likeness (QED) is 0.185. The lowest BCUT2D eigenvalue weighted by molar-refractivity contribution is 0.0964. The lowest BCUT2D eigenvalue weighted by Crippen LogP contribution is -2.26. The van der Waals surface area contributed by atoms with Gasteiger partial charge in [-0.2, -0.15) is 0 Å². The molecule has 7 rings (SSSR count). The van der Waals surface area contributed by atoms with Crippen LogP contribution in [0.2, 0.25) is 0 Å². The number of rotatable bonds is 7. The summed E-state index contributed by atoms with van der Waals surface area (Å²) < 4.78 is 50.1. The first-order chi connectivity index (χ1) is 22.5. The van der Waals surface area contributed by atoms with Crippen molar-refractivity contribution in [2.24, 2.45) is 0 Å². The average molecular weight is 654 g/mol. The molecule has 0 fully saturated rings. The maximum atomic E-state index is 15.0. The fourth-order valence-corrected chi connectivity index (χ4v) is 6.76. The van der Waals surface area contributed by atoms with Gasteiger partial charge in [0.25, 0.3) is 5.91 Å². The van der Waals surface area contributed by atoms with Gasteiger partial charge in [0, 0.05) is 55.1 Å². The number of hydrogen-bond donors (Lipinski definition) is 3. The van der Waals surface area contributed by atoms with Gasteiger partial charge in [0.2, 0.25) is 10.0 Å². The molecule has 1 unspecified atom stereocenters. The second-order valence-corrected chi connectivity index (χ2v) is 13.7. The van der Waals surface area contributed by atoms with Gasteiger partial charge in [-0.25, -0.2) is 17.8 Å². The standard InChI is InChI=1S/C35H32FN5O5S/c1-19-8-10-20(11-9-19)34-32(35(43)37-2)23-16-22(28(18-30(23)46-34)40(3)47(4,44)45)25-12-13-26-33(39-25)29-17-21-24(36)6-5-7-27(21)41(29)31(38-26)14-15-42/h5-13,16-18,31,38,42H,14-15H2,1-4H3,(H,37,43). The summed E-state index contributed by atoms with van der Waals surface area (Å²) in [5.41, 5.74) is 6.06. The SMILES string of the molecule is CNC(=O)c1c(-c2ccc(C)cc2)oc2cc(N(C)S(C)(=O)=O)c(-c3ccc4c(n3)-c3cc5c(F)cccc5n3C(CCO)N4)cc12. The van der Waals surface area contributed by atoms with E-state index in [0.29, 0.717) is 79.2 Å². The van der Waals surface area contributed by atoms with Crippen LogP contribution in [0.15, 0.2) is 77.2 Å². The molecule has 47 heavy (non-hydrogen) atoms. The molecule has 12 heteroatoms. The fourth-order valence-electron chi connectivity index (χ4n) is 6.26. The van der Waals surface area contributed by atoms with Crippen molar-refractivity contribution in [3.8, 4) is 34.0 Å². The van der Waals surface area contributed by atoms with E-state index in [2.05, 4.69) is 10.6 Å². The van der Waals surface area contributed by atoms with E-state index < -0.39 is 10.0 Å². The van der Waals surface area contributed by atoms with Gasteiger partial charge in [0.15, 0.2) is 0 Å². The molecule has 3 N–H and O–H groups in total. The summed E-state index contributed by atoms with van der Waals surface area (Å²) in [4.78, 5) is 18.4. The van der Waals surface area contributed by atoms with Crippen molar-refractivity contribution in [1.29, 1.82) is 0 Å². The fraction of sp³-hybridized carbons (Fsp3) is 0.200. The first kappa shape index (κ1) is 30.5. The molecule has 0 saturated heterocycles. The monoisotopic (exact) mass is 653 g/mol. The van der Waals surface area contributed by atoms with Crippen molar-refractivity contribution in [3.05, 3.63) is 89.7 Å². The summed E-state index contributed by atoms with van der Waals surface area (Å²) in [6.45, 7) is 1.88. The van der Waals surface area contributed by atoms with Gasteiger partial charge in [-0.1, -0.05) is 35.9 Å². The Morgan fingerprint density at radius 2 is 1.87 bits per heavy atom. The number of fused-ring (bicyclic) bond motifs is 6. The number of carbonyl (C=O) groups is 1. The minimum atomic E-state index is -3.74. The molecule has 0 aliphatic carbocycles. The van der Waals surface area contributed by atoms with Crippen LogP contribution in [0.1, 0.15) is 28.5 Å². The smallest absolute Gasteiger partial charge is 0.255 e. The van der Waals surface area contributed by atoms with Crippen LogP contribution in [0.4, 0.5) is 15.8 Å². The molecule has 1 amide bonds. The zero-order chi connectivity index (χ0) is 33.2. The van der Waals surface area contributed by atoms with Crippen molar-refractivity contribution in [1.82, 2.24) is 14.9 Å². The molecular weight excluding hydrogens is 621 g/mol. The van der Waals surface area contributed by atoms with Crippen LogP contribution in [-0.4, -0.2) is 55.9 Å². The molecular formula is C35H32FN5O5S. The molecule has 1 atom stereocenters. The van der Waals surface area contributed by atoms with Crippen LogP contribution in [0.3, 0.4) is 0 Å². The van der Waals surface area contributed by atoms with Crippen LogP contribution < -0.4 is 14.9 Å². The topological polar surface area (TPSA) is 130 Å². The van der Waals surface area contributed by atoms with E-state index in [9.17, 15) is 22.7 Å². The summed E-state index contributed by atoms with van der Waals surface area (Å²) >= 11 is 0. The number of halogens is 1. The van der Waals surface area contributed by atoms with Gasteiger partial charge in [-0.05, 0) is 43.3 Å². The van der Waals surface area contributed by atoms with Gasteiger partial charge in [-0.15, -0.1) is 0 Å². The Hall–Kier alpha value is -5.20. The molecule has 240 valence electrons. The lowest BCUT2D eigenvalue weighted by Gasteiger charge is -2.30. The second kappa shape index (κ2) is 11.2. The number of amides is 1. The van der Waals surface area contributed by atoms with E-state index in [1.807, 2.05) is 47.9 Å². The molecule has 10 nitrogen and oxygen atoms in total. The van der Waals surface area contributed by atoms with E-state index in [4.69, 9.17) is 9.40 Å². The minimum Gasteiger partial charge on any atom is -0.455 e. The number of pyridine rings is 1. The highest BCUT2D eigenvalue weighted by molar-refractivity contribution is 7.92. The molecule has 3 aromatic heterocycles. The number of aromatic nitrogens is 2.